The number of hydrogen-bond acceptors (Lipinski definition) is 4. The maximum Gasteiger partial charge on any atom is 0.243 e. The molecule has 0 aliphatic rings. The molecule has 0 radical (unpaired) electrons. The van der Waals surface area contributed by atoms with Crippen molar-refractivity contribution in [1.29, 1.82) is 0 Å². The molecule has 1 heterocycles. The molecule has 106 valence electrons. The van der Waals surface area contributed by atoms with E-state index in [0.29, 0.717) is 0 Å². The van der Waals surface area contributed by atoms with Crippen molar-refractivity contribution in [2.45, 2.75) is 30.7 Å². The summed E-state index contributed by atoms with van der Waals surface area (Å²) in [4.78, 5) is 14.8. The first-order chi connectivity index (χ1) is 8.62. The maximum absolute atomic E-state index is 12.1. The van der Waals surface area contributed by atoms with Crippen LogP contribution in [0.25, 0.3) is 0 Å². The van der Waals surface area contributed by atoms with Gasteiger partial charge in [-0.15, -0.1) is 0 Å². The van der Waals surface area contributed by atoms with Gasteiger partial charge in [-0.25, -0.2) is 13.4 Å². The average Bonchev–Trinajstić information content (AvgIpc) is 2.31. The SMILES string of the molecule is CCC(C)(NS(=O)(=O)c1cnc(Cl)c(Cl)c1)C(N)=O. The zero-order valence-corrected chi connectivity index (χ0v) is 12.6. The molecular weight excluding hydrogens is 313 g/mol. The second-order valence-corrected chi connectivity index (χ2v) is 6.55. The Morgan fingerprint density at radius 2 is 2.11 bits per heavy atom. The van der Waals surface area contributed by atoms with Crippen LogP contribution in [0.5, 0.6) is 0 Å². The molecule has 0 saturated carbocycles. The van der Waals surface area contributed by atoms with Crippen molar-refractivity contribution >= 4 is 39.1 Å². The quantitative estimate of drug-likeness (QED) is 0.797. The molecule has 0 aromatic carbocycles. The third-order valence-corrected chi connectivity index (χ3v) is 4.94. The van der Waals surface area contributed by atoms with E-state index in [-0.39, 0.29) is 21.5 Å². The Balaban J connectivity index is 3.18. The summed E-state index contributed by atoms with van der Waals surface area (Å²) in [5.41, 5.74) is 3.81. The lowest BCUT2D eigenvalue weighted by Crippen LogP contribution is -2.54. The van der Waals surface area contributed by atoms with Crippen molar-refractivity contribution in [3.63, 3.8) is 0 Å². The van der Waals surface area contributed by atoms with Crippen LogP contribution in [0.2, 0.25) is 10.2 Å². The van der Waals surface area contributed by atoms with Gasteiger partial charge in [0, 0.05) is 6.20 Å². The highest BCUT2D eigenvalue weighted by atomic mass is 35.5. The predicted octanol–water partition coefficient (Wildman–Crippen LogP) is 1.32. The van der Waals surface area contributed by atoms with E-state index in [1.54, 1.807) is 6.92 Å². The molecule has 0 fully saturated rings. The van der Waals surface area contributed by atoms with E-state index >= 15 is 0 Å². The number of nitrogens with one attached hydrogen (secondary N) is 1. The van der Waals surface area contributed by atoms with Gasteiger partial charge in [-0.1, -0.05) is 30.1 Å². The van der Waals surface area contributed by atoms with Crippen molar-refractivity contribution in [1.82, 2.24) is 9.71 Å². The summed E-state index contributed by atoms with van der Waals surface area (Å²) in [6, 6.07) is 1.15. The first-order valence-corrected chi connectivity index (χ1v) is 7.51. The molecule has 1 aromatic heterocycles. The lowest BCUT2D eigenvalue weighted by Gasteiger charge is -2.25. The minimum absolute atomic E-state index is 0.00168. The third-order valence-electron chi connectivity index (χ3n) is 2.69. The number of primary amides is 1. The van der Waals surface area contributed by atoms with Gasteiger partial charge >= 0.3 is 0 Å². The molecular formula is C10H13Cl2N3O3S. The molecule has 1 aromatic rings. The highest BCUT2D eigenvalue weighted by molar-refractivity contribution is 7.89. The van der Waals surface area contributed by atoms with E-state index in [2.05, 4.69) is 9.71 Å². The van der Waals surface area contributed by atoms with Gasteiger partial charge in [-0.3, -0.25) is 4.79 Å². The fourth-order valence-corrected chi connectivity index (χ4v) is 2.96. The molecule has 19 heavy (non-hydrogen) atoms. The van der Waals surface area contributed by atoms with Gasteiger partial charge in [0.1, 0.15) is 15.6 Å². The number of halogens is 2. The van der Waals surface area contributed by atoms with Crippen LogP contribution in [0.1, 0.15) is 20.3 Å². The lowest BCUT2D eigenvalue weighted by atomic mass is 10.0. The monoisotopic (exact) mass is 325 g/mol. The van der Waals surface area contributed by atoms with Crippen LogP contribution < -0.4 is 10.5 Å². The van der Waals surface area contributed by atoms with E-state index in [1.807, 2.05) is 0 Å². The fraction of sp³-hybridized carbons (Fsp3) is 0.400. The number of hydrogen-bond donors (Lipinski definition) is 2. The number of carbonyl (C=O) groups is 1. The van der Waals surface area contributed by atoms with Gasteiger partial charge in [-0.05, 0) is 19.4 Å². The first-order valence-electron chi connectivity index (χ1n) is 5.27. The van der Waals surface area contributed by atoms with Crippen LogP contribution in [0.4, 0.5) is 0 Å². The molecule has 0 spiro atoms. The number of pyridine rings is 1. The Hall–Kier alpha value is -0.890. The molecule has 1 rings (SSSR count). The number of sulfonamides is 1. The smallest absolute Gasteiger partial charge is 0.243 e. The number of aromatic nitrogens is 1. The fourth-order valence-electron chi connectivity index (χ4n) is 1.20. The molecule has 0 aliphatic carbocycles. The molecule has 0 saturated heterocycles. The second-order valence-electron chi connectivity index (χ2n) is 4.10. The van der Waals surface area contributed by atoms with Crippen molar-refractivity contribution in [2.75, 3.05) is 0 Å². The summed E-state index contributed by atoms with van der Waals surface area (Å²) in [6.45, 7) is 3.04. The molecule has 1 unspecified atom stereocenters. The molecule has 0 bridgehead atoms. The minimum atomic E-state index is -3.97. The zero-order chi connectivity index (χ0) is 14.8. The normalized spacial score (nSPS) is 14.9. The minimum Gasteiger partial charge on any atom is -0.368 e. The number of rotatable bonds is 5. The topological polar surface area (TPSA) is 102 Å². The Kier molecular flexibility index (Phi) is 4.78. The summed E-state index contributed by atoms with van der Waals surface area (Å²) in [7, 11) is -3.97. The molecule has 6 nitrogen and oxygen atoms in total. The van der Waals surface area contributed by atoms with E-state index in [4.69, 9.17) is 28.9 Å². The van der Waals surface area contributed by atoms with E-state index in [1.165, 1.54) is 6.92 Å². The van der Waals surface area contributed by atoms with E-state index < -0.39 is 21.5 Å². The van der Waals surface area contributed by atoms with Crippen LogP contribution in [0.3, 0.4) is 0 Å². The van der Waals surface area contributed by atoms with Crippen molar-refractivity contribution in [3.05, 3.63) is 22.4 Å². The van der Waals surface area contributed by atoms with Crippen LogP contribution in [-0.4, -0.2) is 24.8 Å². The van der Waals surface area contributed by atoms with Crippen LogP contribution in [0, 0.1) is 0 Å². The Morgan fingerprint density at radius 3 is 2.53 bits per heavy atom. The van der Waals surface area contributed by atoms with Gasteiger partial charge in [0.2, 0.25) is 15.9 Å². The van der Waals surface area contributed by atoms with Crippen LogP contribution >= 0.6 is 23.2 Å². The molecule has 9 heteroatoms. The summed E-state index contributed by atoms with van der Waals surface area (Å²) < 4.78 is 26.5. The summed E-state index contributed by atoms with van der Waals surface area (Å²) in [6.07, 6.45) is 1.25. The van der Waals surface area contributed by atoms with Crippen molar-refractivity contribution in [3.8, 4) is 0 Å². The summed E-state index contributed by atoms with van der Waals surface area (Å²) in [5.74, 6) is -0.772. The second kappa shape index (κ2) is 5.62. The zero-order valence-electron chi connectivity index (χ0n) is 10.3. The Bertz CT molecular complexity index is 606. The summed E-state index contributed by atoms with van der Waals surface area (Å²) in [5, 5.41) is -0.00408. The maximum atomic E-state index is 12.1. The molecule has 0 aliphatic heterocycles. The summed E-state index contributed by atoms with van der Waals surface area (Å²) >= 11 is 11.3. The predicted molar refractivity (Wildman–Crippen MR) is 72.5 cm³/mol. The van der Waals surface area contributed by atoms with Crippen molar-refractivity contribution < 1.29 is 13.2 Å². The lowest BCUT2D eigenvalue weighted by molar-refractivity contribution is -0.123. The Morgan fingerprint density at radius 1 is 1.53 bits per heavy atom. The van der Waals surface area contributed by atoms with Gasteiger partial charge < -0.3 is 5.73 Å². The first kappa shape index (κ1) is 16.2. The molecule has 3 N–H and O–H groups in total. The van der Waals surface area contributed by atoms with Gasteiger partial charge in [0.05, 0.1) is 5.02 Å². The Labute approximate surface area is 121 Å². The standard InChI is InChI=1S/C10H13Cl2N3O3S/c1-3-10(2,9(13)16)15-19(17,18)6-4-7(11)8(12)14-5-6/h4-5,15H,3H2,1-2H3,(H2,13,16). The number of carbonyl (C=O) groups excluding carboxylic acids is 1. The van der Waals surface area contributed by atoms with Gasteiger partial charge in [0.25, 0.3) is 0 Å². The van der Waals surface area contributed by atoms with Gasteiger partial charge in [0.15, 0.2) is 0 Å². The van der Waals surface area contributed by atoms with Gasteiger partial charge in [-0.2, -0.15) is 4.72 Å². The van der Waals surface area contributed by atoms with Crippen LogP contribution in [0.15, 0.2) is 17.2 Å². The van der Waals surface area contributed by atoms with E-state index in [9.17, 15) is 13.2 Å². The molecule has 1 amide bonds. The third kappa shape index (κ3) is 3.56. The highest BCUT2D eigenvalue weighted by Gasteiger charge is 2.34. The number of nitrogens with zero attached hydrogens (tertiary/aromatic N) is 1. The number of amides is 1. The van der Waals surface area contributed by atoms with Crippen LogP contribution in [-0.2, 0) is 14.8 Å². The average molecular weight is 326 g/mol. The largest absolute Gasteiger partial charge is 0.368 e. The highest BCUT2D eigenvalue weighted by Crippen LogP contribution is 2.23. The van der Waals surface area contributed by atoms with E-state index in [0.717, 1.165) is 12.3 Å². The molecule has 1 atom stereocenters. The van der Waals surface area contributed by atoms with Crippen molar-refractivity contribution in [2.24, 2.45) is 5.73 Å². The number of nitrogens with two attached hydrogens (primary N) is 1.